The summed E-state index contributed by atoms with van der Waals surface area (Å²) in [4.78, 5) is 1.99. The van der Waals surface area contributed by atoms with Crippen LogP contribution < -0.4 is 11.5 Å². The average molecular weight is 177 g/mol. The number of rotatable bonds is 3. The van der Waals surface area contributed by atoms with Crippen molar-refractivity contribution in [2.75, 3.05) is 33.8 Å². The molecule has 5 N–H and O–H groups in total. The Hall–Kier alpha value is -0.160. The van der Waals surface area contributed by atoms with Gasteiger partial charge in [-0.15, -0.1) is 0 Å². The fraction of sp³-hybridized carbons (Fsp3) is 1.00. The largest absolute Gasteiger partial charge is 0.394 e. The molecule has 0 aromatic heterocycles. The van der Waals surface area contributed by atoms with Crippen molar-refractivity contribution in [2.24, 2.45) is 11.5 Å². The highest BCUT2D eigenvalue weighted by Crippen LogP contribution is 2.06. The molecule has 4 heteroatoms. The van der Waals surface area contributed by atoms with Crippen molar-refractivity contribution >= 4 is 0 Å². The van der Waals surface area contributed by atoms with E-state index >= 15 is 0 Å². The van der Waals surface area contributed by atoms with Crippen molar-refractivity contribution in [1.29, 1.82) is 0 Å². The maximum atomic E-state index is 8.72. The lowest BCUT2D eigenvalue weighted by molar-refractivity contribution is 0.100. The topological polar surface area (TPSA) is 75.5 Å². The predicted molar refractivity (Wildman–Crippen MR) is 53.0 cm³/mol. The molecule has 4 nitrogen and oxygen atoms in total. The molecule has 0 aliphatic heterocycles. The molecule has 0 saturated heterocycles. The van der Waals surface area contributed by atoms with E-state index in [0.717, 1.165) is 0 Å². The molecule has 0 fully saturated rings. The van der Waals surface area contributed by atoms with Crippen molar-refractivity contribution in [3.05, 3.63) is 0 Å². The van der Waals surface area contributed by atoms with E-state index < -0.39 is 0 Å². The van der Waals surface area contributed by atoms with Gasteiger partial charge in [0.1, 0.15) is 0 Å². The van der Waals surface area contributed by atoms with Gasteiger partial charge in [-0.3, -0.25) is 0 Å². The molecule has 0 atom stereocenters. The third-order valence-electron chi connectivity index (χ3n) is 1.76. The minimum absolute atomic E-state index is 0.0694. The van der Waals surface area contributed by atoms with E-state index in [1.54, 1.807) is 0 Å². The molecule has 0 aromatic carbocycles. The molecular formula is C8H23N3O. The van der Waals surface area contributed by atoms with Crippen LogP contribution in [0.15, 0.2) is 0 Å². The zero-order chi connectivity index (χ0) is 10.2. The normalized spacial score (nSPS) is 11.0. The van der Waals surface area contributed by atoms with Crippen molar-refractivity contribution in [3.8, 4) is 0 Å². The molecule has 0 saturated carbocycles. The number of hydrogen-bond acceptors (Lipinski definition) is 4. The fourth-order valence-electron chi connectivity index (χ4n) is 0.141. The monoisotopic (exact) mass is 177 g/mol. The first-order valence-electron chi connectivity index (χ1n) is 4.10. The number of nitrogens with zero attached hydrogens (tertiary/aromatic N) is 1. The summed E-state index contributed by atoms with van der Waals surface area (Å²) in [6, 6.07) is 0. The third kappa shape index (κ3) is 7.94. The van der Waals surface area contributed by atoms with Crippen LogP contribution in [0.5, 0.6) is 0 Å². The molecule has 76 valence electrons. The number of likely N-dealkylation sites (N-methyl/N-ethyl adjacent to an activating group) is 1. The second-order valence-electron chi connectivity index (χ2n) is 3.44. The maximum absolute atomic E-state index is 8.72. The van der Waals surface area contributed by atoms with Crippen LogP contribution >= 0.6 is 0 Å². The Morgan fingerprint density at radius 2 is 1.50 bits per heavy atom. The summed E-state index contributed by atoms with van der Waals surface area (Å²) in [5, 5.41) is 8.72. The van der Waals surface area contributed by atoms with Gasteiger partial charge in [0.15, 0.2) is 0 Å². The quantitative estimate of drug-likeness (QED) is 0.529. The van der Waals surface area contributed by atoms with E-state index in [1.807, 2.05) is 32.8 Å². The van der Waals surface area contributed by atoms with Crippen LogP contribution in [0.1, 0.15) is 13.8 Å². The van der Waals surface area contributed by atoms with Crippen LogP contribution in [-0.4, -0.2) is 49.3 Å². The van der Waals surface area contributed by atoms with E-state index in [4.69, 9.17) is 16.6 Å². The first kappa shape index (κ1) is 14.4. The number of nitrogens with two attached hydrogens (primary N) is 2. The molecule has 0 spiro atoms. The summed E-state index contributed by atoms with van der Waals surface area (Å²) in [7, 11) is 3.91. The van der Waals surface area contributed by atoms with Gasteiger partial charge in [0.25, 0.3) is 0 Å². The van der Waals surface area contributed by atoms with Crippen molar-refractivity contribution < 1.29 is 5.11 Å². The Bertz CT molecular complexity index is 92.3. The Morgan fingerprint density at radius 3 is 1.50 bits per heavy atom. The lowest BCUT2D eigenvalue weighted by atomic mass is 10.1. The first-order valence-corrected chi connectivity index (χ1v) is 4.10. The second kappa shape index (κ2) is 7.49. The van der Waals surface area contributed by atoms with Crippen LogP contribution in [0.4, 0.5) is 0 Å². The standard InChI is InChI=1S/C6H15NO.C2H8N2/c1-6(2,5-8)7(3)4;3-1-2-4/h8H,5H2,1-4H3;1-4H2. The maximum Gasteiger partial charge on any atom is 0.0609 e. The molecule has 12 heavy (non-hydrogen) atoms. The van der Waals surface area contributed by atoms with Crippen LogP contribution in [0.2, 0.25) is 0 Å². The third-order valence-corrected chi connectivity index (χ3v) is 1.76. The van der Waals surface area contributed by atoms with E-state index in [0.29, 0.717) is 13.1 Å². The first-order chi connectivity index (χ1) is 5.42. The van der Waals surface area contributed by atoms with E-state index in [2.05, 4.69) is 0 Å². The minimum Gasteiger partial charge on any atom is -0.394 e. The molecule has 0 aliphatic carbocycles. The summed E-state index contributed by atoms with van der Waals surface area (Å²) in [5.41, 5.74) is 9.74. The molecule has 0 radical (unpaired) electrons. The molecule has 0 bridgehead atoms. The number of aliphatic hydroxyl groups excluding tert-OH is 1. The van der Waals surface area contributed by atoms with Crippen molar-refractivity contribution in [1.82, 2.24) is 4.90 Å². The van der Waals surface area contributed by atoms with Gasteiger partial charge in [-0.05, 0) is 27.9 Å². The number of aliphatic hydroxyl groups is 1. The van der Waals surface area contributed by atoms with Gasteiger partial charge >= 0.3 is 0 Å². The average Bonchev–Trinajstić information content (AvgIpc) is 2.05. The number of hydrogen-bond donors (Lipinski definition) is 3. The smallest absolute Gasteiger partial charge is 0.0609 e. The van der Waals surface area contributed by atoms with Gasteiger partial charge in [-0.1, -0.05) is 0 Å². The lowest BCUT2D eigenvalue weighted by Gasteiger charge is -2.29. The summed E-state index contributed by atoms with van der Waals surface area (Å²) < 4.78 is 0. The Labute approximate surface area is 75.5 Å². The van der Waals surface area contributed by atoms with Crippen molar-refractivity contribution in [2.45, 2.75) is 19.4 Å². The Morgan fingerprint density at radius 1 is 1.17 bits per heavy atom. The van der Waals surface area contributed by atoms with Crippen LogP contribution in [-0.2, 0) is 0 Å². The van der Waals surface area contributed by atoms with E-state index in [-0.39, 0.29) is 12.1 Å². The summed E-state index contributed by atoms with van der Waals surface area (Å²) in [6.07, 6.45) is 0. The predicted octanol–water partition coefficient (Wildman–Crippen LogP) is -0.777. The van der Waals surface area contributed by atoms with Gasteiger partial charge < -0.3 is 21.5 Å². The van der Waals surface area contributed by atoms with Crippen molar-refractivity contribution in [3.63, 3.8) is 0 Å². The van der Waals surface area contributed by atoms with E-state index in [9.17, 15) is 0 Å². The fourth-order valence-corrected chi connectivity index (χ4v) is 0.141. The summed E-state index contributed by atoms with van der Waals surface area (Å²) >= 11 is 0. The molecular weight excluding hydrogens is 154 g/mol. The molecule has 0 aromatic rings. The summed E-state index contributed by atoms with van der Waals surface area (Å²) in [6.45, 7) is 5.39. The molecule has 0 aliphatic rings. The highest BCUT2D eigenvalue weighted by molar-refractivity contribution is 4.74. The SMILES string of the molecule is CN(C)C(C)(C)CO.NCCN. The molecule has 0 heterocycles. The lowest BCUT2D eigenvalue weighted by Crippen LogP contribution is -2.41. The molecule has 0 rings (SSSR count). The zero-order valence-corrected chi connectivity index (χ0v) is 8.67. The molecule has 0 amide bonds. The molecule has 0 unspecified atom stereocenters. The van der Waals surface area contributed by atoms with E-state index in [1.165, 1.54) is 0 Å². The van der Waals surface area contributed by atoms with Gasteiger partial charge in [0, 0.05) is 18.6 Å². The highest BCUT2D eigenvalue weighted by atomic mass is 16.3. The van der Waals surface area contributed by atoms with Crippen LogP contribution in [0.25, 0.3) is 0 Å². The van der Waals surface area contributed by atoms with Crippen LogP contribution in [0.3, 0.4) is 0 Å². The zero-order valence-electron chi connectivity index (χ0n) is 8.67. The minimum atomic E-state index is -0.0694. The second-order valence-corrected chi connectivity index (χ2v) is 3.44. The van der Waals surface area contributed by atoms with Crippen LogP contribution in [0, 0.1) is 0 Å². The van der Waals surface area contributed by atoms with Gasteiger partial charge in [-0.25, -0.2) is 0 Å². The Balaban J connectivity index is 0. The van der Waals surface area contributed by atoms with Gasteiger partial charge in [-0.2, -0.15) is 0 Å². The van der Waals surface area contributed by atoms with Gasteiger partial charge in [0.05, 0.1) is 6.61 Å². The highest BCUT2D eigenvalue weighted by Gasteiger charge is 2.17. The Kier molecular flexibility index (Phi) is 8.97. The summed E-state index contributed by atoms with van der Waals surface area (Å²) in [5.74, 6) is 0. The van der Waals surface area contributed by atoms with Gasteiger partial charge in [0.2, 0.25) is 0 Å².